The van der Waals surface area contributed by atoms with Gasteiger partial charge in [0.2, 0.25) is 5.60 Å². The topological polar surface area (TPSA) is 47.9 Å². The predicted molar refractivity (Wildman–Crippen MR) is 70.5 cm³/mol. The summed E-state index contributed by atoms with van der Waals surface area (Å²) in [6, 6.07) is 9.68. The van der Waals surface area contributed by atoms with Crippen LogP contribution in [0.5, 0.6) is 0 Å². The summed E-state index contributed by atoms with van der Waals surface area (Å²) in [6.07, 6.45) is 2.64. The van der Waals surface area contributed by atoms with Crippen LogP contribution >= 0.6 is 0 Å². The van der Waals surface area contributed by atoms with E-state index >= 15 is 0 Å². The zero-order valence-corrected chi connectivity index (χ0v) is 11.0. The quantitative estimate of drug-likeness (QED) is 0.784. The lowest BCUT2D eigenvalue weighted by atomic mass is 9.88. The molecule has 4 heteroatoms. The van der Waals surface area contributed by atoms with Crippen molar-refractivity contribution in [3.05, 3.63) is 35.9 Å². The summed E-state index contributed by atoms with van der Waals surface area (Å²) in [5.41, 5.74) is 1.05. The second-order valence-corrected chi connectivity index (χ2v) is 5.22. The molecule has 2 atom stereocenters. The normalized spacial score (nSPS) is 28.5. The highest BCUT2D eigenvalue weighted by Crippen LogP contribution is 2.44. The lowest BCUT2D eigenvalue weighted by Crippen LogP contribution is -2.43. The van der Waals surface area contributed by atoms with Crippen LogP contribution in [-0.2, 0) is 21.0 Å². The van der Waals surface area contributed by atoms with Crippen LogP contribution < -0.4 is 0 Å². The number of nitrogens with zero attached hydrogens (tertiary/aromatic N) is 1. The summed E-state index contributed by atoms with van der Waals surface area (Å²) in [4.78, 5) is 17.8. The SMILES string of the molecule is CC1=NOC2(C(=O)OCc3ccccc3)CCCC12. The minimum Gasteiger partial charge on any atom is -0.458 e. The standard InChI is InChI=1S/C15H17NO3/c1-11-13-8-5-9-15(13,19-16-11)14(17)18-10-12-6-3-2-4-7-12/h2-4,6-7,13H,5,8-10H2,1H3. The third kappa shape index (κ3) is 2.01. The molecule has 1 fully saturated rings. The zero-order chi connectivity index (χ0) is 13.3. The van der Waals surface area contributed by atoms with Crippen molar-refractivity contribution in [2.45, 2.75) is 38.4 Å². The van der Waals surface area contributed by atoms with Crippen molar-refractivity contribution in [3.8, 4) is 0 Å². The van der Waals surface area contributed by atoms with E-state index in [1.54, 1.807) is 0 Å². The van der Waals surface area contributed by atoms with Crippen molar-refractivity contribution in [1.82, 2.24) is 0 Å². The van der Waals surface area contributed by atoms with Gasteiger partial charge in [0.25, 0.3) is 0 Å². The summed E-state index contributed by atoms with van der Waals surface area (Å²) in [7, 11) is 0. The average molecular weight is 259 g/mol. The van der Waals surface area contributed by atoms with Crippen molar-refractivity contribution in [2.24, 2.45) is 11.1 Å². The second-order valence-electron chi connectivity index (χ2n) is 5.22. The van der Waals surface area contributed by atoms with E-state index in [-0.39, 0.29) is 18.5 Å². The molecule has 1 saturated carbocycles. The summed E-state index contributed by atoms with van der Waals surface area (Å²) in [6.45, 7) is 2.21. The van der Waals surface area contributed by atoms with Crippen LogP contribution in [0.1, 0.15) is 31.7 Å². The molecule has 0 saturated heterocycles. The Kier molecular flexibility index (Phi) is 3.01. The fraction of sp³-hybridized carbons (Fsp3) is 0.467. The molecular formula is C15H17NO3. The monoisotopic (exact) mass is 259 g/mol. The zero-order valence-electron chi connectivity index (χ0n) is 11.0. The maximum atomic E-state index is 12.3. The van der Waals surface area contributed by atoms with Gasteiger partial charge in [-0.15, -0.1) is 0 Å². The molecule has 0 aromatic heterocycles. The van der Waals surface area contributed by atoms with Gasteiger partial charge in [-0.3, -0.25) is 0 Å². The summed E-state index contributed by atoms with van der Waals surface area (Å²) < 4.78 is 5.43. The molecule has 100 valence electrons. The molecule has 0 bridgehead atoms. The number of esters is 1. The Morgan fingerprint density at radius 3 is 3.05 bits per heavy atom. The smallest absolute Gasteiger partial charge is 0.354 e. The molecule has 4 nitrogen and oxygen atoms in total. The molecule has 0 amide bonds. The number of hydrogen-bond acceptors (Lipinski definition) is 4. The van der Waals surface area contributed by atoms with Crippen molar-refractivity contribution < 1.29 is 14.4 Å². The molecule has 19 heavy (non-hydrogen) atoms. The number of fused-ring (bicyclic) bond motifs is 1. The molecular weight excluding hydrogens is 242 g/mol. The Hall–Kier alpha value is -1.84. The summed E-state index contributed by atoms with van der Waals surface area (Å²) in [5.74, 6) is -0.185. The summed E-state index contributed by atoms with van der Waals surface area (Å²) in [5, 5.41) is 3.98. The largest absolute Gasteiger partial charge is 0.458 e. The molecule has 1 heterocycles. The molecule has 1 aromatic rings. The Bertz CT molecular complexity index is 511. The van der Waals surface area contributed by atoms with Crippen molar-refractivity contribution in [2.75, 3.05) is 0 Å². The maximum Gasteiger partial charge on any atom is 0.354 e. The van der Waals surface area contributed by atoms with Crippen LogP contribution in [0.3, 0.4) is 0 Å². The first-order valence-electron chi connectivity index (χ1n) is 6.66. The van der Waals surface area contributed by atoms with Gasteiger partial charge in [-0.25, -0.2) is 4.79 Å². The van der Waals surface area contributed by atoms with E-state index in [0.717, 1.165) is 24.1 Å². The van der Waals surface area contributed by atoms with Gasteiger partial charge < -0.3 is 9.57 Å². The highest BCUT2D eigenvalue weighted by molar-refractivity contribution is 5.95. The highest BCUT2D eigenvalue weighted by Gasteiger charge is 2.57. The number of benzene rings is 1. The van der Waals surface area contributed by atoms with Crippen LogP contribution in [0, 0.1) is 5.92 Å². The number of carbonyl (C=O) groups excluding carboxylic acids is 1. The first kappa shape index (κ1) is 12.2. The molecule has 0 spiro atoms. The molecule has 1 aliphatic carbocycles. The molecule has 0 N–H and O–H groups in total. The third-order valence-electron chi connectivity index (χ3n) is 4.02. The van der Waals surface area contributed by atoms with E-state index in [1.165, 1.54) is 0 Å². The van der Waals surface area contributed by atoms with Gasteiger partial charge in [-0.1, -0.05) is 35.5 Å². The van der Waals surface area contributed by atoms with Crippen LogP contribution in [-0.4, -0.2) is 17.3 Å². The molecule has 1 aromatic carbocycles. The van der Waals surface area contributed by atoms with Gasteiger partial charge in [0.1, 0.15) is 6.61 Å². The number of carbonyl (C=O) groups is 1. The van der Waals surface area contributed by atoms with Crippen molar-refractivity contribution >= 4 is 11.7 Å². The lowest BCUT2D eigenvalue weighted by Gasteiger charge is -2.24. The molecule has 2 unspecified atom stereocenters. The fourth-order valence-electron chi connectivity index (χ4n) is 2.98. The van der Waals surface area contributed by atoms with Crippen LogP contribution in [0.25, 0.3) is 0 Å². The lowest BCUT2D eigenvalue weighted by molar-refractivity contribution is -0.173. The van der Waals surface area contributed by atoms with Gasteiger partial charge in [0, 0.05) is 6.42 Å². The summed E-state index contributed by atoms with van der Waals surface area (Å²) >= 11 is 0. The van der Waals surface area contributed by atoms with E-state index in [9.17, 15) is 4.79 Å². The minimum absolute atomic E-state index is 0.0933. The Labute approximate surface area is 112 Å². The van der Waals surface area contributed by atoms with Crippen LogP contribution in [0.2, 0.25) is 0 Å². The first-order valence-corrected chi connectivity index (χ1v) is 6.66. The van der Waals surface area contributed by atoms with Gasteiger partial charge >= 0.3 is 5.97 Å². The minimum atomic E-state index is -0.848. The fourth-order valence-corrected chi connectivity index (χ4v) is 2.98. The van der Waals surface area contributed by atoms with E-state index in [1.807, 2.05) is 37.3 Å². The van der Waals surface area contributed by atoms with Crippen molar-refractivity contribution in [1.29, 1.82) is 0 Å². The van der Waals surface area contributed by atoms with Gasteiger partial charge in [0.05, 0.1) is 11.6 Å². The first-order chi connectivity index (χ1) is 9.22. The number of oxime groups is 1. The predicted octanol–water partition coefficient (Wildman–Crippen LogP) is 2.67. The van der Waals surface area contributed by atoms with Crippen molar-refractivity contribution in [3.63, 3.8) is 0 Å². The molecule has 3 rings (SSSR count). The maximum absolute atomic E-state index is 12.3. The molecule has 0 radical (unpaired) electrons. The average Bonchev–Trinajstić information content (AvgIpc) is 3.00. The van der Waals surface area contributed by atoms with E-state index in [4.69, 9.17) is 9.57 Å². The van der Waals surface area contributed by atoms with E-state index < -0.39 is 5.60 Å². The van der Waals surface area contributed by atoms with Crippen LogP contribution in [0.15, 0.2) is 35.5 Å². The highest BCUT2D eigenvalue weighted by atomic mass is 16.7. The third-order valence-corrected chi connectivity index (χ3v) is 4.02. The number of rotatable bonds is 3. The number of ether oxygens (including phenoxy) is 1. The Morgan fingerprint density at radius 1 is 1.47 bits per heavy atom. The molecule has 1 aliphatic heterocycles. The Balaban J connectivity index is 1.68. The number of hydrogen-bond donors (Lipinski definition) is 0. The van der Waals surface area contributed by atoms with Gasteiger partial charge in [-0.2, -0.15) is 0 Å². The van der Waals surface area contributed by atoms with Crippen LogP contribution in [0.4, 0.5) is 0 Å². The van der Waals surface area contributed by atoms with E-state index in [2.05, 4.69) is 5.16 Å². The van der Waals surface area contributed by atoms with Gasteiger partial charge in [-0.05, 0) is 25.3 Å². The molecule has 2 aliphatic rings. The Morgan fingerprint density at radius 2 is 2.26 bits per heavy atom. The van der Waals surface area contributed by atoms with Gasteiger partial charge in [0.15, 0.2) is 0 Å². The van der Waals surface area contributed by atoms with E-state index in [0.29, 0.717) is 6.42 Å². The second kappa shape index (κ2) is 4.68.